The molecule has 1 saturated heterocycles. The lowest BCUT2D eigenvalue weighted by Gasteiger charge is -2.22. The first kappa shape index (κ1) is 19.4. The van der Waals surface area contributed by atoms with Gasteiger partial charge < -0.3 is 14.6 Å². The largest absolute Gasteiger partial charge is 0.381 e. The van der Waals surface area contributed by atoms with Crippen molar-refractivity contribution < 1.29 is 14.1 Å². The van der Waals surface area contributed by atoms with E-state index in [1.54, 1.807) is 10.6 Å². The van der Waals surface area contributed by atoms with Gasteiger partial charge in [0.05, 0.1) is 17.6 Å². The van der Waals surface area contributed by atoms with Crippen LogP contribution in [0.15, 0.2) is 33.6 Å². The fourth-order valence-electron chi connectivity index (χ4n) is 3.58. The van der Waals surface area contributed by atoms with Crippen molar-refractivity contribution in [1.82, 2.24) is 24.6 Å². The van der Waals surface area contributed by atoms with Gasteiger partial charge in [-0.15, -0.1) is 0 Å². The quantitative estimate of drug-likeness (QED) is 0.707. The lowest BCUT2D eigenvalue weighted by molar-refractivity contribution is 0.0613. The molecule has 0 unspecified atom stereocenters. The number of fused-ring (bicyclic) bond motifs is 1. The summed E-state index contributed by atoms with van der Waals surface area (Å²) >= 11 is 0. The fraction of sp³-hybridized carbons (Fsp3) is 0.500. The van der Waals surface area contributed by atoms with E-state index in [0.717, 1.165) is 18.4 Å². The summed E-state index contributed by atoms with van der Waals surface area (Å²) in [7, 11) is 0. The molecular weight excluding hydrogens is 374 g/mol. The zero-order valence-corrected chi connectivity index (χ0v) is 16.6. The first-order valence-corrected chi connectivity index (χ1v) is 9.93. The van der Waals surface area contributed by atoms with Crippen LogP contribution in [-0.2, 0) is 17.8 Å². The van der Waals surface area contributed by atoms with E-state index in [2.05, 4.69) is 15.5 Å². The van der Waals surface area contributed by atoms with E-state index in [1.807, 2.05) is 32.0 Å². The van der Waals surface area contributed by atoms with Crippen LogP contribution in [-0.4, -0.2) is 38.5 Å². The van der Waals surface area contributed by atoms with Crippen LogP contribution in [0.5, 0.6) is 0 Å². The smallest absolute Gasteiger partial charge is 0.337 e. The molecule has 0 spiro atoms. The lowest BCUT2D eigenvalue weighted by Crippen LogP contribution is -2.37. The molecule has 1 fully saturated rings. The summed E-state index contributed by atoms with van der Waals surface area (Å²) in [6, 6.07) is 6.83. The Bertz CT molecular complexity index is 1060. The number of nitrogens with zero attached hydrogens (tertiary/aromatic N) is 4. The number of amides is 1. The van der Waals surface area contributed by atoms with Gasteiger partial charge in [-0.2, -0.15) is 4.98 Å². The number of carbonyl (C=O) groups excluding carboxylic acids is 1. The van der Waals surface area contributed by atoms with Gasteiger partial charge in [-0.25, -0.2) is 14.2 Å². The third-order valence-electron chi connectivity index (χ3n) is 5.20. The molecule has 4 rings (SSSR count). The Kier molecular flexibility index (Phi) is 5.48. The van der Waals surface area contributed by atoms with Gasteiger partial charge >= 0.3 is 11.7 Å². The van der Waals surface area contributed by atoms with Gasteiger partial charge in [0.15, 0.2) is 5.82 Å². The molecule has 1 aliphatic heterocycles. The van der Waals surface area contributed by atoms with E-state index >= 15 is 0 Å². The highest BCUT2D eigenvalue weighted by Crippen LogP contribution is 2.20. The predicted molar refractivity (Wildman–Crippen MR) is 106 cm³/mol. The lowest BCUT2D eigenvalue weighted by atomic mass is 10.0. The van der Waals surface area contributed by atoms with Crippen molar-refractivity contribution in [2.45, 2.75) is 45.7 Å². The number of aromatic nitrogens is 4. The predicted octanol–water partition coefficient (Wildman–Crippen LogP) is 2.49. The summed E-state index contributed by atoms with van der Waals surface area (Å²) in [4.78, 5) is 30.2. The van der Waals surface area contributed by atoms with Gasteiger partial charge in [0.25, 0.3) is 0 Å². The van der Waals surface area contributed by atoms with Crippen LogP contribution >= 0.6 is 0 Å². The van der Waals surface area contributed by atoms with Crippen molar-refractivity contribution in [3.63, 3.8) is 0 Å². The SMILES string of the molecule is CC(C)c1nc(CNC(=O)n2c(=O)n(CC3CCOCC3)c3ccccc32)no1. The fourth-order valence-corrected chi connectivity index (χ4v) is 3.58. The van der Waals surface area contributed by atoms with E-state index in [-0.39, 0.29) is 18.2 Å². The number of rotatable bonds is 5. The maximum Gasteiger partial charge on any atom is 0.337 e. The highest BCUT2D eigenvalue weighted by atomic mass is 16.5. The number of carbonyl (C=O) groups is 1. The summed E-state index contributed by atoms with van der Waals surface area (Å²) in [5.74, 6) is 1.36. The minimum Gasteiger partial charge on any atom is -0.381 e. The van der Waals surface area contributed by atoms with Crippen LogP contribution in [0.4, 0.5) is 4.79 Å². The van der Waals surface area contributed by atoms with E-state index in [0.29, 0.717) is 42.9 Å². The number of nitrogens with one attached hydrogen (secondary N) is 1. The first-order chi connectivity index (χ1) is 14.0. The molecule has 1 amide bonds. The Morgan fingerprint density at radius 3 is 2.66 bits per heavy atom. The normalized spacial score (nSPS) is 15.3. The highest BCUT2D eigenvalue weighted by molar-refractivity contribution is 5.89. The van der Waals surface area contributed by atoms with E-state index < -0.39 is 6.03 Å². The van der Waals surface area contributed by atoms with Crippen molar-refractivity contribution in [3.05, 3.63) is 46.5 Å². The van der Waals surface area contributed by atoms with Crippen LogP contribution in [0.3, 0.4) is 0 Å². The molecule has 9 heteroatoms. The van der Waals surface area contributed by atoms with Gasteiger partial charge in [0.1, 0.15) is 0 Å². The molecule has 3 aromatic rings. The Labute approximate surface area is 167 Å². The molecule has 0 saturated carbocycles. The average molecular weight is 399 g/mol. The van der Waals surface area contributed by atoms with Gasteiger partial charge in [-0.05, 0) is 30.9 Å². The van der Waals surface area contributed by atoms with Crippen LogP contribution < -0.4 is 11.0 Å². The van der Waals surface area contributed by atoms with Crippen LogP contribution in [0.1, 0.15) is 44.3 Å². The zero-order chi connectivity index (χ0) is 20.4. The van der Waals surface area contributed by atoms with Gasteiger partial charge in [-0.1, -0.05) is 31.1 Å². The molecule has 1 aliphatic rings. The number of benzene rings is 1. The molecule has 0 aliphatic carbocycles. The molecule has 0 bridgehead atoms. The van der Waals surface area contributed by atoms with E-state index in [9.17, 15) is 9.59 Å². The number of hydrogen-bond donors (Lipinski definition) is 1. The third kappa shape index (κ3) is 3.95. The summed E-state index contributed by atoms with van der Waals surface area (Å²) in [6.45, 7) is 5.97. The van der Waals surface area contributed by atoms with E-state index in [4.69, 9.17) is 9.26 Å². The van der Waals surface area contributed by atoms with Crippen molar-refractivity contribution >= 4 is 17.1 Å². The molecule has 9 nitrogen and oxygen atoms in total. The summed E-state index contributed by atoms with van der Waals surface area (Å²) in [5, 5.41) is 6.59. The first-order valence-electron chi connectivity index (χ1n) is 9.93. The third-order valence-corrected chi connectivity index (χ3v) is 5.20. The summed E-state index contributed by atoms with van der Waals surface area (Å²) < 4.78 is 13.4. The molecule has 1 aromatic carbocycles. The number of hydrogen-bond acceptors (Lipinski definition) is 6. The van der Waals surface area contributed by atoms with Crippen LogP contribution in [0.2, 0.25) is 0 Å². The topological polar surface area (TPSA) is 104 Å². The molecule has 0 atom stereocenters. The van der Waals surface area contributed by atoms with Crippen molar-refractivity contribution in [2.24, 2.45) is 5.92 Å². The Balaban J connectivity index is 1.58. The number of imidazole rings is 1. The maximum atomic E-state index is 13.1. The molecule has 29 heavy (non-hydrogen) atoms. The minimum absolute atomic E-state index is 0.0843. The Hall–Kier alpha value is -2.94. The number of para-hydroxylation sites is 2. The molecular formula is C20H25N5O4. The van der Waals surface area contributed by atoms with Crippen molar-refractivity contribution in [2.75, 3.05) is 13.2 Å². The van der Waals surface area contributed by atoms with Crippen LogP contribution in [0.25, 0.3) is 11.0 Å². The second kappa shape index (κ2) is 8.20. The maximum absolute atomic E-state index is 13.1. The highest BCUT2D eigenvalue weighted by Gasteiger charge is 2.22. The molecule has 0 radical (unpaired) electrons. The number of ether oxygens (including phenoxy) is 1. The molecule has 1 N–H and O–H groups in total. The van der Waals surface area contributed by atoms with E-state index in [1.165, 1.54) is 4.57 Å². The standard InChI is InChI=1S/C20H25N5O4/c1-13(2)18-22-17(23-29-18)11-21-19(26)25-16-6-4-3-5-15(16)24(20(25)27)12-14-7-9-28-10-8-14/h3-6,13-14H,7-12H2,1-2H3,(H,21,26). The molecule has 3 heterocycles. The van der Waals surface area contributed by atoms with Gasteiger partial charge in [0, 0.05) is 25.7 Å². The van der Waals surface area contributed by atoms with Gasteiger partial charge in [-0.3, -0.25) is 4.57 Å². The van der Waals surface area contributed by atoms with Crippen LogP contribution in [0, 0.1) is 5.92 Å². The van der Waals surface area contributed by atoms with Crippen molar-refractivity contribution in [1.29, 1.82) is 0 Å². The monoisotopic (exact) mass is 399 g/mol. The molecule has 154 valence electrons. The Morgan fingerprint density at radius 2 is 1.97 bits per heavy atom. The zero-order valence-electron chi connectivity index (χ0n) is 16.6. The molecule has 2 aromatic heterocycles. The minimum atomic E-state index is -0.507. The summed E-state index contributed by atoms with van der Waals surface area (Å²) in [6.07, 6.45) is 1.82. The summed E-state index contributed by atoms with van der Waals surface area (Å²) in [5.41, 5.74) is 0.991. The Morgan fingerprint density at radius 1 is 1.24 bits per heavy atom. The van der Waals surface area contributed by atoms with Crippen molar-refractivity contribution in [3.8, 4) is 0 Å². The second-order valence-corrected chi connectivity index (χ2v) is 7.64. The second-order valence-electron chi connectivity index (χ2n) is 7.64. The van der Waals surface area contributed by atoms with Gasteiger partial charge in [0.2, 0.25) is 5.89 Å². The average Bonchev–Trinajstić information content (AvgIpc) is 3.31.